The summed E-state index contributed by atoms with van der Waals surface area (Å²) in [5.74, 6) is 1.90. The van der Waals surface area contributed by atoms with Gasteiger partial charge in [0.1, 0.15) is 5.75 Å². The van der Waals surface area contributed by atoms with Crippen LogP contribution in [0.5, 0.6) is 17.2 Å². The number of rotatable bonds is 7. The lowest BCUT2D eigenvalue weighted by molar-refractivity contribution is 0.104. The van der Waals surface area contributed by atoms with Crippen LogP contribution in [0.2, 0.25) is 0 Å². The molecule has 0 aromatic heterocycles. The van der Waals surface area contributed by atoms with E-state index in [1.165, 1.54) is 0 Å². The quantitative estimate of drug-likeness (QED) is 0.567. The van der Waals surface area contributed by atoms with Gasteiger partial charge in [0.05, 0.1) is 20.3 Å². The number of methoxy groups -OCH3 is 2. The van der Waals surface area contributed by atoms with E-state index in [-0.39, 0.29) is 11.9 Å². The summed E-state index contributed by atoms with van der Waals surface area (Å²) < 4.78 is 16.4. The molecule has 124 valence electrons. The molecule has 3 rings (SSSR count). The highest BCUT2D eigenvalue weighted by Gasteiger charge is 2.25. The molecular formula is C20H20O4. The maximum Gasteiger partial charge on any atom is 0.185 e. The van der Waals surface area contributed by atoms with Gasteiger partial charge in [0, 0.05) is 11.1 Å². The molecule has 0 saturated heterocycles. The standard InChI is InChI=1S/C20H20O4/c1-22-18-6-4-3-5-14(18)7-11-17(21)15-8-12-19(23-2)20(13-15)24-16-9-10-16/h3-8,11-13,16H,9-10H2,1-2H3. The van der Waals surface area contributed by atoms with Crippen molar-refractivity contribution in [3.63, 3.8) is 0 Å². The lowest BCUT2D eigenvalue weighted by Gasteiger charge is -2.10. The van der Waals surface area contributed by atoms with Crippen LogP contribution in [0.3, 0.4) is 0 Å². The highest BCUT2D eigenvalue weighted by molar-refractivity contribution is 6.07. The van der Waals surface area contributed by atoms with Crippen LogP contribution in [0.25, 0.3) is 6.08 Å². The number of ether oxygens (including phenoxy) is 3. The lowest BCUT2D eigenvalue weighted by atomic mass is 10.1. The van der Waals surface area contributed by atoms with E-state index in [4.69, 9.17) is 14.2 Å². The summed E-state index contributed by atoms with van der Waals surface area (Å²) in [6.45, 7) is 0. The van der Waals surface area contributed by atoms with E-state index in [1.54, 1.807) is 44.6 Å². The average Bonchev–Trinajstić information content (AvgIpc) is 3.43. The van der Waals surface area contributed by atoms with Crippen molar-refractivity contribution in [1.82, 2.24) is 0 Å². The molecule has 0 radical (unpaired) electrons. The number of carbonyl (C=O) groups is 1. The Kier molecular flexibility index (Phi) is 4.85. The maximum absolute atomic E-state index is 12.4. The van der Waals surface area contributed by atoms with Crippen LogP contribution in [0, 0.1) is 0 Å². The Hall–Kier alpha value is -2.75. The van der Waals surface area contributed by atoms with E-state index in [0.717, 1.165) is 24.2 Å². The smallest absolute Gasteiger partial charge is 0.185 e. The predicted molar refractivity (Wildman–Crippen MR) is 93.0 cm³/mol. The molecule has 0 atom stereocenters. The number of hydrogen-bond acceptors (Lipinski definition) is 4. The molecule has 0 amide bonds. The molecule has 0 unspecified atom stereocenters. The van der Waals surface area contributed by atoms with E-state index in [2.05, 4.69) is 0 Å². The molecular weight excluding hydrogens is 304 g/mol. The Morgan fingerprint density at radius 2 is 1.75 bits per heavy atom. The Bertz CT molecular complexity index is 760. The van der Waals surface area contributed by atoms with Gasteiger partial charge in [0.15, 0.2) is 17.3 Å². The maximum atomic E-state index is 12.4. The van der Waals surface area contributed by atoms with E-state index in [1.807, 2.05) is 24.3 Å². The summed E-state index contributed by atoms with van der Waals surface area (Å²) in [7, 11) is 3.21. The van der Waals surface area contributed by atoms with Crippen molar-refractivity contribution in [2.24, 2.45) is 0 Å². The Balaban J connectivity index is 1.80. The number of allylic oxidation sites excluding steroid dienone is 1. The SMILES string of the molecule is COc1ccccc1C=CC(=O)c1ccc(OC)c(OC2CC2)c1. The average molecular weight is 324 g/mol. The first-order chi connectivity index (χ1) is 11.7. The zero-order chi connectivity index (χ0) is 16.9. The first-order valence-electron chi connectivity index (χ1n) is 7.91. The molecule has 1 aliphatic rings. The monoisotopic (exact) mass is 324 g/mol. The summed E-state index contributed by atoms with van der Waals surface area (Å²) in [6.07, 6.45) is 5.64. The van der Waals surface area contributed by atoms with Gasteiger partial charge >= 0.3 is 0 Å². The predicted octanol–water partition coefficient (Wildman–Crippen LogP) is 4.14. The number of carbonyl (C=O) groups excluding carboxylic acids is 1. The van der Waals surface area contributed by atoms with Crippen molar-refractivity contribution in [3.8, 4) is 17.2 Å². The number of para-hydroxylation sites is 1. The zero-order valence-electron chi connectivity index (χ0n) is 13.8. The van der Waals surface area contributed by atoms with Gasteiger partial charge in [-0.1, -0.05) is 18.2 Å². The molecule has 0 heterocycles. The molecule has 4 heteroatoms. The summed E-state index contributed by atoms with van der Waals surface area (Å²) in [5, 5.41) is 0. The van der Waals surface area contributed by atoms with E-state index in [0.29, 0.717) is 17.1 Å². The first-order valence-corrected chi connectivity index (χ1v) is 7.91. The molecule has 0 aliphatic heterocycles. The van der Waals surface area contributed by atoms with Crippen LogP contribution < -0.4 is 14.2 Å². The number of hydrogen-bond donors (Lipinski definition) is 0. The van der Waals surface area contributed by atoms with Crippen molar-refractivity contribution >= 4 is 11.9 Å². The Labute approximate surface area is 141 Å². The van der Waals surface area contributed by atoms with Crippen molar-refractivity contribution in [1.29, 1.82) is 0 Å². The van der Waals surface area contributed by atoms with Crippen LogP contribution in [0.4, 0.5) is 0 Å². The molecule has 0 N–H and O–H groups in total. The highest BCUT2D eigenvalue weighted by Crippen LogP contribution is 2.34. The fourth-order valence-corrected chi connectivity index (χ4v) is 2.35. The van der Waals surface area contributed by atoms with Crippen molar-refractivity contribution in [2.45, 2.75) is 18.9 Å². The molecule has 0 spiro atoms. The Morgan fingerprint density at radius 1 is 1.00 bits per heavy atom. The van der Waals surface area contributed by atoms with Crippen molar-refractivity contribution in [3.05, 3.63) is 59.7 Å². The first kappa shape index (κ1) is 16.1. The Morgan fingerprint density at radius 3 is 2.46 bits per heavy atom. The summed E-state index contributed by atoms with van der Waals surface area (Å²) in [6, 6.07) is 12.8. The minimum atomic E-state index is -0.0933. The van der Waals surface area contributed by atoms with Crippen LogP contribution >= 0.6 is 0 Å². The van der Waals surface area contributed by atoms with Crippen LogP contribution in [-0.4, -0.2) is 26.1 Å². The molecule has 1 saturated carbocycles. The fraction of sp³-hybridized carbons (Fsp3) is 0.250. The van der Waals surface area contributed by atoms with Gasteiger partial charge in [-0.25, -0.2) is 0 Å². The largest absolute Gasteiger partial charge is 0.496 e. The highest BCUT2D eigenvalue weighted by atomic mass is 16.5. The number of ketones is 1. The summed E-state index contributed by atoms with van der Waals surface area (Å²) in [4.78, 5) is 12.4. The van der Waals surface area contributed by atoms with Gasteiger partial charge in [0.2, 0.25) is 0 Å². The minimum absolute atomic E-state index is 0.0933. The van der Waals surface area contributed by atoms with E-state index < -0.39 is 0 Å². The van der Waals surface area contributed by atoms with Crippen molar-refractivity contribution < 1.29 is 19.0 Å². The molecule has 4 nitrogen and oxygen atoms in total. The third-order valence-corrected chi connectivity index (χ3v) is 3.82. The second-order valence-corrected chi connectivity index (χ2v) is 5.62. The van der Waals surface area contributed by atoms with Gasteiger partial charge in [-0.15, -0.1) is 0 Å². The van der Waals surface area contributed by atoms with E-state index >= 15 is 0 Å². The normalized spacial score (nSPS) is 13.8. The third-order valence-electron chi connectivity index (χ3n) is 3.82. The van der Waals surface area contributed by atoms with Crippen molar-refractivity contribution in [2.75, 3.05) is 14.2 Å². The van der Waals surface area contributed by atoms with E-state index in [9.17, 15) is 4.79 Å². The molecule has 2 aromatic rings. The topological polar surface area (TPSA) is 44.8 Å². The van der Waals surface area contributed by atoms with Crippen LogP contribution in [0.1, 0.15) is 28.8 Å². The summed E-state index contributed by atoms with van der Waals surface area (Å²) >= 11 is 0. The second kappa shape index (κ2) is 7.21. The molecule has 2 aromatic carbocycles. The number of benzene rings is 2. The lowest BCUT2D eigenvalue weighted by Crippen LogP contribution is -2.01. The van der Waals surface area contributed by atoms with Gasteiger partial charge in [-0.2, -0.15) is 0 Å². The van der Waals surface area contributed by atoms with Gasteiger partial charge in [0.25, 0.3) is 0 Å². The zero-order valence-corrected chi connectivity index (χ0v) is 13.8. The molecule has 1 aliphatic carbocycles. The van der Waals surface area contributed by atoms with Gasteiger partial charge in [-0.05, 0) is 49.3 Å². The van der Waals surface area contributed by atoms with Gasteiger partial charge < -0.3 is 14.2 Å². The second-order valence-electron chi connectivity index (χ2n) is 5.62. The molecule has 24 heavy (non-hydrogen) atoms. The molecule has 0 bridgehead atoms. The summed E-state index contributed by atoms with van der Waals surface area (Å²) in [5.41, 5.74) is 1.42. The molecule has 1 fully saturated rings. The fourth-order valence-electron chi connectivity index (χ4n) is 2.35. The van der Waals surface area contributed by atoms with Gasteiger partial charge in [-0.3, -0.25) is 4.79 Å². The van der Waals surface area contributed by atoms with Crippen LogP contribution in [0.15, 0.2) is 48.5 Å². The van der Waals surface area contributed by atoms with Crippen LogP contribution in [-0.2, 0) is 0 Å². The minimum Gasteiger partial charge on any atom is -0.496 e. The third kappa shape index (κ3) is 3.77.